The summed E-state index contributed by atoms with van der Waals surface area (Å²) in [7, 11) is 0. The Balaban J connectivity index is 2.06. The third kappa shape index (κ3) is 2.78. The van der Waals surface area contributed by atoms with Crippen LogP contribution in [0.3, 0.4) is 0 Å². The van der Waals surface area contributed by atoms with Crippen molar-refractivity contribution >= 4 is 0 Å². The first kappa shape index (κ1) is 16.2. The Bertz CT molecular complexity index is 1100. The second-order valence-corrected chi connectivity index (χ2v) is 6.52. The molecule has 0 amide bonds. The molecule has 3 aromatic carbocycles. The molecule has 3 heteroatoms. The smallest absolute Gasteiger partial charge is 0.267 e. The van der Waals surface area contributed by atoms with Crippen molar-refractivity contribution in [2.45, 2.75) is 13.8 Å². The summed E-state index contributed by atoms with van der Waals surface area (Å²) in [6.45, 7) is 4.12. The molecule has 0 saturated heterocycles. The average Bonchev–Trinajstić information content (AvgIpc) is 3.01. The van der Waals surface area contributed by atoms with Crippen LogP contribution < -0.4 is 5.56 Å². The van der Waals surface area contributed by atoms with Crippen molar-refractivity contribution in [1.29, 1.82) is 0 Å². The van der Waals surface area contributed by atoms with E-state index in [2.05, 4.69) is 24.2 Å². The highest BCUT2D eigenvalue weighted by molar-refractivity contribution is 5.83. The number of aromatic nitrogens is 2. The number of nitrogens with zero attached hydrogens (tertiary/aromatic N) is 1. The van der Waals surface area contributed by atoms with Crippen LogP contribution in [0.5, 0.6) is 0 Å². The van der Waals surface area contributed by atoms with Gasteiger partial charge in [0.25, 0.3) is 5.56 Å². The number of benzene rings is 3. The Hall–Kier alpha value is -3.33. The van der Waals surface area contributed by atoms with Gasteiger partial charge in [-0.2, -0.15) is 0 Å². The third-order valence-corrected chi connectivity index (χ3v) is 4.66. The van der Waals surface area contributed by atoms with Gasteiger partial charge in [-0.3, -0.25) is 14.6 Å². The van der Waals surface area contributed by atoms with E-state index in [1.807, 2.05) is 78.3 Å². The molecule has 0 radical (unpaired) electrons. The van der Waals surface area contributed by atoms with Crippen LogP contribution in [-0.4, -0.2) is 9.78 Å². The van der Waals surface area contributed by atoms with E-state index in [0.717, 1.165) is 28.1 Å². The molecule has 0 aliphatic rings. The van der Waals surface area contributed by atoms with E-state index in [1.54, 1.807) is 0 Å². The summed E-state index contributed by atoms with van der Waals surface area (Å²) in [5.74, 6) is 0. The SMILES string of the molecule is Cc1ccc(-c2c(-c3ccccc3C)n(-c3ccccc3)[nH]c2=O)cc1. The first-order valence-corrected chi connectivity index (χ1v) is 8.68. The molecule has 0 bridgehead atoms. The predicted molar refractivity (Wildman–Crippen MR) is 107 cm³/mol. The number of para-hydroxylation sites is 1. The molecule has 1 heterocycles. The highest BCUT2D eigenvalue weighted by atomic mass is 16.1. The Morgan fingerprint density at radius 1 is 0.769 bits per heavy atom. The zero-order valence-electron chi connectivity index (χ0n) is 14.9. The van der Waals surface area contributed by atoms with Gasteiger partial charge in [-0.15, -0.1) is 0 Å². The van der Waals surface area contributed by atoms with Gasteiger partial charge >= 0.3 is 0 Å². The number of aromatic amines is 1. The Morgan fingerprint density at radius 3 is 2.12 bits per heavy atom. The van der Waals surface area contributed by atoms with E-state index >= 15 is 0 Å². The summed E-state index contributed by atoms with van der Waals surface area (Å²) in [5, 5.41) is 3.03. The van der Waals surface area contributed by atoms with Crippen molar-refractivity contribution in [3.8, 4) is 28.1 Å². The van der Waals surface area contributed by atoms with Gasteiger partial charge in [0, 0.05) is 5.56 Å². The monoisotopic (exact) mass is 340 g/mol. The number of nitrogens with one attached hydrogen (secondary N) is 1. The van der Waals surface area contributed by atoms with Gasteiger partial charge in [0.2, 0.25) is 0 Å². The van der Waals surface area contributed by atoms with Crippen molar-refractivity contribution in [2.75, 3.05) is 0 Å². The summed E-state index contributed by atoms with van der Waals surface area (Å²) in [4.78, 5) is 12.9. The summed E-state index contributed by atoms with van der Waals surface area (Å²) in [5.41, 5.74) is 6.70. The van der Waals surface area contributed by atoms with Crippen molar-refractivity contribution < 1.29 is 0 Å². The fourth-order valence-electron chi connectivity index (χ4n) is 3.29. The zero-order valence-corrected chi connectivity index (χ0v) is 14.9. The molecule has 0 aliphatic heterocycles. The molecule has 0 unspecified atom stereocenters. The minimum absolute atomic E-state index is 0.0871. The topological polar surface area (TPSA) is 37.8 Å². The molecule has 0 fully saturated rings. The molecule has 3 nitrogen and oxygen atoms in total. The second kappa shape index (κ2) is 6.52. The maximum Gasteiger partial charge on any atom is 0.272 e. The third-order valence-electron chi connectivity index (χ3n) is 4.66. The Kier molecular flexibility index (Phi) is 4.05. The molecule has 0 spiro atoms. The fraction of sp³-hybridized carbons (Fsp3) is 0.0870. The predicted octanol–water partition coefficient (Wildman–Crippen LogP) is 5.12. The van der Waals surface area contributed by atoms with Crippen LogP contribution in [-0.2, 0) is 0 Å². The minimum Gasteiger partial charge on any atom is -0.267 e. The van der Waals surface area contributed by atoms with Gasteiger partial charge in [0.05, 0.1) is 16.9 Å². The molecular formula is C23H20N2O. The lowest BCUT2D eigenvalue weighted by Crippen LogP contribution is -2.05. The van der Waals surface area contributed by atoms with Crippen LogP contribution in [0, 0.1) is 13.8 Å². The lowest BCUT2D eigenvalue weighted by atomic mass is 9.97. The van der Waals surface area contributed by atoms with Crippen LogP contribution in [0.15, 0.2) is 83.7 Å². The maximum absolute atomic E-state index is 12.9. The molecule has 0 atom stereocenters. The molecule has 128 valence electrons. The molecule has 4 rings (SSSR count). The first-order chi connectivity index (χ1) is 12.6. The van der Waals surface area contributed by atoms with Crippen molar-refractivity contribution in [2.24, 2.45) is 0 Å². The average molecular weight is 340 g/mol. The van der Waals surface area contributed by atoms with Crippen molar-refractivity contribution in [3.63, 3.8) is 0 Å². The number of hydrogen-bond donors (Lipinski definition) is 1. The number of rotatable bonds is 3. The first-order valence-electron chi connectivity index (χ1n) is 8.68. The molecule has 4 aromatic rings. The summed E-state index contributed by atoms with van der Waals surface area (Å²) in [6, 6.07) is 26.2. The van der Waals surface area contributed by atoms with Crippen LogP contribution in [0.1, 0.15) is 11.1 Å². The van der Waals surface area contributed by atoms with E-state index in [0.29, 0.717) is 5.56 Å². The van der Waals surface area contributed by atoms with Gasteiger partial charge in [-0.1, -0.05) is 72.3 Å². The Morgan fingerprint density at radius 2 is 1.42 bits per heavy atom. The van der Waals surface area contributed by atoms with E-state index in [1.165, 1.54) is 5.56 Å². The molecule has 26 heavy (non-hydrogen) atoms. The van der Waals surface area contributed by atoms with Crippen LogP contribution >= 0.6 is 0 Å². The quantitative estimate of drug-likeness (QED) is 0.552. The number of aryl methyl sites for hydroxylation is 2. The van der Waals surface area contributed by atoms with Gasteiger partial charge < -0.3 is 0 Å². The highest BCUT2D eigenvalue weighted by Crippen LogP contribution is 2.33. The lowest BCUT2D eigenvalue weighted by Gasteiger charge is -2.13. The van der Waals surface area contributed by atoms with Gasteiger partial charge in [-0.25, -0.2) is 0 Å². The largest absolute Gasteiger partial charge is 0.272 e. The molecule has 1 aromatic heterocycles. The van der Waals surface area contributed by atoms with Crippen LogP contribution in [0.25, 0.3) is 28.1 Å². The summed E-state index contributed by atoms with van der Waals surface area (Å²) in [6.07, 6.45) is 0. The fourth-order valence-corrected chi connectivity index (χ4v) is 3.29. The standard InChI is InChI=1S/C23H20N2O/c1-16-12-14-18(15-13-16)21-22(20-11-7-6-8-17(20)2)25(24-23(21)26)19-9-4-3-5-10-19/h3-15H,1-2H3,(H,24,26). The van der Waals surface area contributed by atoms with Crippen molar-refractivity contribution in [1.82, 2.24) is 9.78 Å². The normalized spacial score (nSPS) is 10.8. The van der Waals surface area contributed by atoms with E-state index in [-0.39, 0.29) is 5.56 Å². The molecule has 0 aliphatic carbocycles. The van der Waals surface area contributed by atoms with E-state index < -0.39 is 0 Å². The molecular weight excluding hydrogens is 320 g/mol. The van der Waals surface area contributed by atoms with Crippen molar-refractivity contribution in [3.05, 3.63) is 100 Å². The second-order valence-electron chi connectivity index (χ2n) is 6.52. The zero-order chi connectivity index (χ0) is 18.1. The minimum atomic E-state index is -0.0871. The van der Waals surface area contributed by atoms with E-state index in [4.69, 9.17) is 0 Å². The molecule has 1 N–H and O–H groups in total. The number of H-pyrrole nitrogens is 1. The maximum atomic E-state index is 12.9. The van der Waals surface area contributed by atoms with Gasteiger partial charge in [0.15, 0.2) is 0 Å². The highest BCUT2D eigenvalue weighted by Gasteiger charge is 2.20. The summed E-state index contributed by atoms with van der Waals surface area (Å²) < 4.78 is 1.89. The van der Waals surface area contributed by atoms with Gasteiger partial charge in [-0.05, 0) is 37.1 Å². The number of hydrogen-bond acceptors (Lipinski definition) is 1. The summed E-state index contributed by atoms with van der Waals surface area (Å²) >= 11 is 0. The lowest BCUT2D eigenvalue weighted by molar-refractivity contribution is 0.870. The van der Waals surface area contributed by atoms with Gasteiger partial charge in [0.1, 0.15) is 0 Å². The van der Waals surface area contributed by atoms with Crippen LogP contribution in [0.2, 0.25) is 0 Å². The molecule has 0 saturated carbocycles. The van der Waals surface area contributed by atoms with Crippen LogP contribution in [0.4, 0.5) is 0 Å². The van der Waals surface area contributed by atoms with E-state index in [9.17, 15) is 4.79 Å². The Labute approximate surface area is 152 Å².